The van der Waals surface area contributed by atoms with Crippen LogP contribution < -0.4 is 0 Å². The molecule has 0 amide bonds. The van der Waals surface area contributed by atoms with Crippen molar-refractivity contribution in [3.63, 3.8) is 0 Å². The predicted octanol–water partition coefficient (Wildman–Crippen LogP) is 5.43. The van der Waals surface area contributed by atoms with Crippen LogP contribution in [-0.2, 0) is 0 Å². The van der Waals surface area contributed by atoms with E-state index in [2.05, 4.69) is 65.8 Å². The van der Waals surface area contributed by atoms with Crippen LogP contribution in [-0.4, -0.2) is 0 Å². The van der Waals surface area contributed by atoms with E-state index in [4.69, 9.17) is 0 Å². The van der Waals surface area contributed by atoms with Crippen LogP contribution in [0.4, 0.5) is 0 Å². The minimum Gasteiger partial charge on any atom is -0.0588 e. The first-order valence-corrected chi connectivity index (χ1v) is 6.57. The first-order valence-electron chi connectivity index (χ1n) is 6.57. The zero-order chi connectivity index (χ0) is 13.4. The van der Waals surface area contributed by atoms with E-state index in [0.29, 0.717) is 0 Å². The Bertz CT molecular complexity index is 582. The predicted molar refractivity (Wildman–Crippen MR) is 80.4 cm³/mol. The highest BCUT2D eigenvalue weighted by molar-refractivity contribution is 5.67. The summed E-state index contributed by atoms with van der Waals surface area (Å²) in [7, 11) is 0. The summed E-state index contributed by atoms with van der Waals surface area (Å²) < 4.78 is 0. The quantitative estimate of drug-likeness (QED) is 0.527. The van der Waals surface area contributed by atoms with Gasteiger partial charge in [0.15, 0.2) is 0 Å². The Hall–Kier alpha value is -1.56. The Labute approximate surface area is 111 Å². The fraction of sp³-hybridized carbons (Fsp3) is 0.333. The number of hydrogen-bond acceptors (Lipinski definition) is 0. The highest BCUT2D eigenvalue weighted by atomic mass is 14.2. The molecule has 0 nitrogen and oxygen atoms in total. The average Bonchev–Trinajstić information content (AvgIpc) is 2.46. The van der Waals surface area contributed by atoms with Gasteiger partial charge in [-0.15, -0.1) is 0 Å². The highest BCUT2D eigenvalue weighted by Gasteiger charge is 2.19. The maximum absolute atomic E-state index is 2.29. The number of rotatable bonds is 0. The Balaban J connectivity index is 2.85. The van der Waals surface area contributed by atoms with Crippen molar-refractivity contribution in [2.75, 3.05) is 0 Å². The molecule has 0 aromatic carbocycles. The van der Waals surface area contributed by atoms with E-state index in [0.717, 1.165) is 0 Å². The molecule has 0 fully saturated rings. The van der Waals surface area contributed by atoms with Crippen molar-refractivity contribution in [2.45, 2.75) is 41.5 Å². The first-order chi connectivity index (χ1) is 8.41. The second-order valence-corrected chi connectivity index (χ2v) is 5.47. The lowest BCUT2D eigenvalue weighted by atomic mass is 9.87. The van der Waals surface area contributed by atoms with Crippen LogP contribution in [0.15, 0.2) is 68.9 Å². The molecule has 18 heavy (non-hydrogen) atoms. The van der Waals surface area contributed by atoms with Crippen LogP contribution in [0.2, 0.25) is 0 Å². The molecule has 2 aliphatic rings. The molecule has 2 rings (SSSR count). The van der Waals surface area contributed by atoms with Gasteiger partial charge in [-0.05, 0) is 80.6 Å². The van der Waals surface area contributed by atoms with Gasteiger partial charge in [0.2, 0.25) is 0 Å². The summed E-state index contributed by atoms with van der Waals surface area (Å²) in [5.74, 6) is 0. The van der Waals surface area contributed by atoms with Crippen molar-refractivity contribution >= 4 is 0 Å². The summed E-state index contributed by atoms with van der Waals surface area (Å²) in [6.07, 6.45) is 9.06. The van der Waals surface area contributed by atoms with Gasteiger partial charge in [-0.2, -0.15) is 0 Å². The third kappa shape index (κ3) is 2.08. The molecule has 0 heteroatoms. The molecule has 0 radical (unpaired) electrons. The molecule has 0 heterocycles. The van der Waals surface area contributed by atoms with Gasteiger partial charge in [-0.25, -0.2) is 0 Å². The van der Waals surface area contributed by atoms with Crippen molar-refractivity contribution < 1.29 is 0 Å². The summed E-state index contributed by atoms with van der Waals surface area (Å²) in [6.45, 7) is 13.3. The van der Waals surface area contributed by atoms with E-state index >= 15 is 0 Å². The smallest absolute Gasteiger partial charge is 0.0117 e. The fourth-order valence-electron chi connectivity index (χ4n) is 2.91. The second kappa shape index (κ2) is 4.61. The van der Waals surface area contributed by atoms with Crippen LogP contribution >= 0.6 is 0 Å². The zero-order valence-electron chi connectivity index (χ0n) is 12.3. The third-order valence-electron chi connectivity index (χ3n) is 3.87. The molecule has 0 unspecified atom stereocenters. The zero-order valence-corrected chi connectivity index (χ0v) is 12.3. The molecule has 0 N–H and O–H groups in total. The largest absolute Gasteiger partial charge is 0.0588 e. The molecular weight excluding hydrogens is 216 g/mol. The van der Waals surface area contributed by atoms with Gasteiger partial charge < -0.3 is 0 Å². The molecule has 0 saturated carbocycles. The van der Waals surface area contributed by atoms with E-state index in [1.807, 2.05) is 0 Å². The topological polar surface area (TPSA) is 0 Å². The molecule has 0 saturated heterocycles. The van der Waals surface area contributed by atoms with E-state index in [9.17, 15) is 0 Å². The lowest BCUT2D eigenvalue weighted by Crippen LogP contribution is -1.98. The molecule has 0 bridgehead atoms. The molecular formula is C18H22. The number of fused-ring (bicyclic) bond motifs is 1. The number of hydrogen-bond donors (Lipinski definition) is 0. The Morgan fingerprint density at radius 2 is 1.22 bits per heavy atom. The Morgan fingerprint density at radius 1 is 0.611 bits per heavy atom. The third-order valence-corrected chi connectivity index (χ3v) is 3.87. The van der Waals surface area contributed by atoms with E-state index in [-0.39, 0.29) is 0 Å². The van der Waals surface area contributed by atoms with Gasteiger partial charge in [0, 0.05) is 0 Å². The van der Waals surface area contributed by atoms with Crippen LogP contribution in [0, 0.1) is 0 Å². The summed E-state index contributed by atoms with van der Waals surface area (Å²) >= 11 is 0. The molecule has 2 aliphatic carbocycles. The maximum atomic E-state index is 2.29. The minimum atomic E-state index is 1.33. The van der Waals surface area contributed by atoms with Gasteiger partial charge in [0.25, 0.3) is 0 Å². The Morgan fingerprint density at radius 3 is 1.89 bits per heavy atom. The average molecular weight is 238 g/mol. The monoisotopic (exact) mass is 238 g/mol. The van der Waals surface area contributed by atoms with Crippen molar-refractivity contribution in [1.29, 1.82) is 0 Å². The van der Waals surface area contributed by atoms with Gasteiger partial charge in [0.1, 0.15) is 0 Å². The van der Waals surface area contributed by atoms with Crippen LogP contribution in [0.3, 0.4) is 0 Å². The van der Waals surface area contributed by atoms with Gasteiger partial charge in [-0.1, -0.05) is 29.9 Å². The lowest BCUT2D eigenvalue weighted by Gasteiger charge is -2.17. The summed E-state index contributed by atoms with van der Waals surface area (Å²) in [4.78, 5) is 0. The van der Waals surface area contributed by atoms with Crippen LogP contribution in [0.1, 0.15) is 41.5 Å². The Kier molecular flexibility index (Phi) is 3.30. The second-order valence-electron chi connectivity index (χ2n) is 5.47. The van der Waals surface area contributed by atoms with E-state index in [1.54, 1.807) is 0 Å². The summed E-state index contributed by atoms with van der Waals surface area (Å²) in [5.41, 5.74) is 11.0. The first kappa shape index (κ1) is 12.9. The fourth-order valence-corrected chi connectivity index (χ4v) is 2.91. The number of allylic oxidation sites excluding steroid dienone is 12. The van der Waals surface area contributed by atoms with Gasteiger partial charge in [-0.3, -0.25) is 0 Å². The normalized spacial score (nSPS) is 20.6. The SMILES string of the molecule is CC1=CC(C)=C2C(C)=CC=C(C)C(C)=C2C(C)=C1. The molecule has 94 valence electrons. The van der Waals surface area contributed by atoms with Crippen LogP contribution in [0.5, 0.6) is 0 Å². The summed E-state index contributed by atoms with van der Waals surface area (Å²) in [6, 6.07) is 0. The van der Waals surface area contributed by atoms with E-state index in [1.165, 1.54) is 44.6 Å². The van der Waals surface area contributed by atoms with E-state index < -0.39 is 0 Å². The van der Waals surface area contributed by atoms with Gasteiger partial charge in [0.05, 0.1) is 0 Å². The van der Waals surface area contributed by atoms with Crippen LogP contribution in [0.25, 0.3) is 0 Å². The molecule has 0 aromatic rings. The lowest BCUT2D eigenvalue weighted by molar-refractivity contribution is 1.21. The van der Waals surface area contributed by atoms with Gasteiger partial charge >= 0.3 is 0 Å². The molecule has 0 aliphatic heterocycles. The summed E-state index contributed by atoms with van der Waals surface area (Å²) in [5, 5.41) is 0. The van der Waals surface area contributed by atoms with Crippen molar-refractivity contribution in [3.05, 3.63) is 68.9 Å². The maximum Gasteiger partial charge on any atom is -0.0117 e. The van der Waals surface area contributed by atoms with Crippen molar-refractivity contribution in [1.82, 2.24) is 0 Å². The standard InChI is InChI=1S/C18H22/c1-11-9-14(4)17-13(3)8-7-12(2)16(6)18(17)15(5)10-11/h7-10H,1-6H3. The molecule has 0 spiro atoms. The molecule has 0 atom stereocenters. The highest BCUT2D eigenvalue weighted by Crippen LogP contribution is 2.38. The minimum absolute atomic E-state index is 1.33. The van der Waals surface area contributed by atoms with Crippen molar-refractivity contribution in [3.8, 4) is 0 Å². The molecule has 0 aromatic heterocycles. The van der Waals surface area contributed by atoms with Crippen molar-refractivity contribution in [2.24, 2.45) is 0 Å².